The summed E-state index contributed by atoms with van der Waals surface area (Å²) >= 11 is 0. The average molecular weight is 404 g/mol. The zero-order chi connectivity index (χ0) is 20.9. The number of fused-ring (bicyclic) bond motifs is 1. The van der Waals surface area contributed by atoms with Crippen LogP contribution in [0.2, 0.25) is 0 Å². The van der Waals surface area contributed by atoms with Gasteiger partial charge in [-0.25, -0.2) is 4.98 Å². The molecular formula is C23H24N4O3. The third kappa shape index (κ3) is 4.35. The predicted octanol–water partition coefficient (Wildman–Crippen LogP) is 2.50. The van der Waals surface area contributed by atoms with Crippen molar-refractivity contribution >= 4 is 28.4 Å². The first-order chi connectivity index (χ1) is 14.6. The quantitative estimate of drug-likeness (QED) is 0.658. The van der Waals surface area contributed by atoms with Gasteiger partial charge in [-0.2, -0.15) is 0 Å². The first-order valence-corrected chi connectivity index (χ1v) is 10.00. The van der Waals surface area contributed by atoms with Gasteiger partial charge in [-0.3, -0.25) is 9.59 Å². The molecule has 0 radical (unpaired) electrons. The van der Waals surface area contributed by atoms with Gasteiger partial charge in [0.2, 0.25) is 5.91 Å². The number of aromatic nitrogens is 1. The van der Waals surface area contributed by atoms with Gasteiger partial charge in [0.05, 0.1) is 0 Å². The fourth-order valence-electron chi connectivity index (χ4n) is 3.75. The van der Waals surface area contributed by atoms with Crippen molar-refractivity contribution in [2.75, 3.05) is 18.9 Å². The second-order valence-electron chi connectivity index (χ2n) is 7.32. The van der Waals surface area contributed by atoms with Crippen LogP contribution in [-0.4, -0.2) is 40.9 Å². The van der Waals surface area contributed by atoms with E-state index in [1.807, 2.05) is 42.5 Å². The average Bonchev–Trinajstić information content (AvgIpc) is 3.27. The molecular weight excluding hydrogens is 380 g/mol. The number of amides is 2. The molecule has 0 bridgehead atoms. The minimum Gasteiger partial charge on any atom is -0.484 e. The number of anilines is 1. The number of nitrogen functional groups attached to an aromatic ring is 1. The highest BCUT2D eigenvalue weighted by molar-refractivity contribution is 5.91. The largest absolute Gasteiger partial charge is 0.484 e. The van der Waals surface area contributed by atoms with Crippen LogP contribution in [0, 0.1) is 0 Å². The maximum absolute atomic E-state index is 12.7. The molecule has 3 N–H and O–H groups in total. The number of benzene rings is 2. The Morgan fingerprint density at radius 3 is 2.83 bits per heavy atom. The predicted molar refractivity (Wildman–Crippen MR) is 115 cm³/mol. The molecule has 7 nitrogen and oxygen atoms in total. The van der Waals surface area contributed by atoms with Crippen molar-refractivity contribution in [3.63, 3.8) is 0 Å². The van der Waals surface area contributed by atoms with E-state index in [1.165, 1.54) is 0 Å². The van der Waals surface area contributed by atoms with Gasteiger partial charge in [-0.05, 0) is 48.1 Å². The molecule has 7 heteroatoms. The molecule has 0 unspecified atom stereocenters. The van der Waals surface area contributed by atoms with Crippen LogP contribution in [0.1, 0.15) is 18.4 Å². The minimum absolute atomic E-state index is 0.0755. The molecule has 0 saturated carbocycles. The monoisotopic (exact) mass is 404 g/mol. The number of nitrogens with two attached hydrogens (primary N) is 1. The Bertz CT molecular complexity index is 1050. The van der Waals surface area contributed by atoms with Gasteiger partial charge in [0.15, 0.2) is 6.61 Å². The zero-order valence-electron chi connectivity index (χ0n) is 16.6. The third-order valence-electron chi connectivity index (χ3n) is 5.31. The first-order valence-electron chi connectivity index (χ1n) is 10.00. The maximum atomic E-state index is 12.7. The van der Waals surface area contributed by atoms with Crippen LogP contribution in [0.4, 0.5) is 5.82 Å². The summed E-state index contributed by atoms with van der Waals surface area (Å²) in [5.74, 6) is 0.805. The summed E-state index contributed by atoms with van der Waals surface area (Å²) in [6, 6.07) is 16.4. The lowest BCUT2D eigenvalue weighted by molar-refractivity contribution is -0.140. The van der Waals surface area contributed by atoms with E-state index in [2.05, 4.69) is 10.3 Å². The number of nitrogens with zero attached hydrogens (tertiary/aromatic N) is 2. The van der Waals surface area contributed by atoms with Crippen molar-refractivity contribution in [2.45, 2.75) is 25.4 Å². The van der Waals surface area contributed by atoms with E-state index in [1.54, 1.807) is 23.2 Å². The lowest BCUT2D eigenvalue weighted by atomic mass is 10.1. The summed E-state index contributed by atoms with van der Waals surface area (Å²) < 4.78 is 5.55. The molecule has 1 fully saturated rings. The number of hydrogen-bond acceptors (Lipinski definition) is 5. The number of pyridine rings is 1. The molecule has 1 aromatic heterocycles. The smallest absolute Gasteiger partial charge is 0.261 e. The van der Waals surface area contributed by atoms with Gasteiger partial charge >= 0.3 is 0 Å². The van der Waals surface area contributed by atoms with Gasteiger partial charge in [0.1, 0.15) is 17.6 Å². The van der Waals surface area contributed by atoms with Crippen LogP contribution in [0.5, 0.6) is 5.75 Å². The molecule has 30 heavy (non-hydrogen) atoms. The summed E-state index contributed by atoms with van der Waals surface area (Å²) in [7, 11) is 0. The molecule has 154 valence electrons. The van der Waals surface area contributed by atoms with Gasteiger partial charge in [0, 0.05) is 24.7 Å². The molecule has 2 heterocycles. The Hall–Kier alpha value is -3.61. The number of nitrogens with one attached hydrogen (secondary N) is 1. The lowest BCUT2D eigenvalue weighted by Gasteiger charge is -2.24. The summed E-state index contributed by atoms with van der Waals surface area (Å²) in [5, 5.41) is 4.82. The number of rotatable bonds is 6. The van der Waals surface area contributed by atoms with E-state index in [4.69, 9.17) is 10.5 Å². The van der Waals surface area contributed by atoms with Crippen LogP contribution in [0.3, 0.4) is 0 Å². The second-order valence-corrected chi connectivity index (χ2v) is 7.32. The number of carbonyl (C=O) groups excluding carboxylic acids is 2. The SMILES string of the molecule is Nc1nccc2cc(CNC(=O)[C@@H]3CCCN3C(=O)COc3ccccc3)ccc12. The van der Waals surface area contributed by atoms with Crippen molar-refractivity contribution in [1.29, 1.82) is 0 Å². The van der Waals surface area contributed by atoms with E-state index < -0.39 is 6.04 Å². The highest BCUT2D eigenvalue weighted by atomic mass is 16.5. The molecule has 1 aliphatic heterocycles. The Kier molecular flexibility index (Phi) is 5.79. The van der Waals surface area contributed by atoms with Crippen LogP contribution >= 0.6 is 0 Å². The van der Waals surface area contributed by atoms with E-state index in [0.717, 1.165) is 22.8 Å². The topological polar surface area (TPSA) is 97.5 Å². The molecule has 3 aromatic rings. The summed E-state index contributed by atoms with van der Waals surface area (Å²) in [5.41, 5.74) is 6.85. The van der Waals surface area contributed by atoms with Crippen molar-refractivity contribution in [2.24, 2.45) is 0 Å². The molecule has 2 aromatic carbocycles. The molecule has 1 atom stereocenters. The molecule has 4 rings (SSSR count). The van der Waals surface area contributed by atoms with Crippen LogP contribution in [-0.2, 0) is 16.1 Å². The number of para-hydroxylation sites is 1. The van der Waals surface area contributed by atoms with E-state index in [-0.39, 0.29) is 18.4 Å². The number of likely N-dealkylation sites (tertiary alicyclic amines) is 1. The summed E-state index contributed by atoms with van der Waals surface area (Å²) in [6.07, 6.45) is 3.12. The van der Waals surface area contributed by atoms with Gasteiger partial charge < -0.3 is 20.7 Å². The van der Waals surface area contributed by atoms with Crippen molar-refractivity contribution in [3.8, 4) is 5.75 Å². The first kappa shape index (κ1) is 19.7. The van der Waals surface area contributed by atoms with Crippen LogP contribution < -0.4 is 15.8 Å². The Morgan fingerprint density at radius 2 is 2.00 bits per heavy atom. The minimum atomic E-state index is -0.461. The Labute approximate surface area is 174 Å². The standard InChI is InChI=1S/C23H24N4O3/c24-22-19-9-8-16(13-17(19)10-11-25-22)14-26-23(29)20-7-4-12-27(20)21(28)15-30-18-5-2-1-3-6-18/h1-3,5-6,8-11,13,20H,4,7,12,14-15H2,(H2,24,25)(H,26,29)/t20-/m0/s1. The molecule has 0 aliphatic carbocycles. The Morgan fingerprint density at radius 1 is 1.17 bits per heavy atom. The molecule has 0 spiro atoms. The fraction of sp³-hybridized carbons (Fsp3) is 0.261. The van der Waals surface area contributed by atoms with Crippen molar-refractivity contribution < 1.29 is 14.3 Å². The van der Waals surface area contributed by atoms with Gasteiger partial charge in [-0.1, -0.05) is 30.3 Å². The number of carbonyl (C=O) groups is 2. The highest BCUT2D eigenvalue weighted by Crippen LogP contribution is 2.21. The highest BCUT2D eigenvalue weighted by Gasteiger charge is 2.34. The third-order valence-corrected chi connectivity index (χ3v) is 5.31. The van der Waals surface area contributed by atoms with Gasteiger partial charge in [0.25, 0.3) is 5.91 Å². The van der Waals surface area contributed by atoms with E-state index in [0.29, 0.717) is 31.1 Å². The number of ether oxygens (including phenoxy) is 1. The van der Waals surface area contributed by atoms with Crippen LogP contribution in [0.25, 0.3) is 10.8 Å². The summed E-state index contributed by atoms with van der Waals surface area (Å²) in [6.45, 7) is 0.876. The van der Waals surface area contributed by atoms with E-state index in [9.17, 15) is 9.59 Å². The van der Waals surface area contributed by atoms with E-state index >= 15 is 0 Å². The second kappa shape index (κ2) is 8.82. The Balaban J connectivity index is 1.35. The van der Waals surface area contributed by atoms with Crippen molar-refractivity contribution in [3.05, 3.63) is 66.4 Å². The fourth-order valence-corrected chi connectivity index (χ4v) is 3.75. The normalized spacial score (nSPS) is 15.9. The zero-order valence-corrected chi connectivity index (χ0v) is 16.6. The maximum Gasteiger partial charge on any atom is 0.261 e. The summed E-state index contributed by atoms with van der Waals surface area (Å²) in [4.78, 5) is 31.0. The molecule has 2 amide bonds. The lowest BCUT2D eigenvalue weighted by Crippen LogP contribution is -2.47. The molecule has 1 saturated heterocycles. The van der Waals surface area contributed by atoms with Gasteiger partial charge in [-0.15, -0.1) is 0 Å². The number of hydrogen-bond donors (Lipinski definition) is 2. The van der Waals surface area contributed by atoms with Crippen molar-refractivity contribution in [1.82, 2.24) is 15.2 Å². The molecule has 1 aliphatic rings. The van der Waals surface area contributed by atoms with Crippen LogP contribution in [0.15, 0.2) is 60.8 Å².